The van der Waals surface area contributed by atoms with Gasteiger partial charge in [-0.2, -0.15) is 0 Å². The van der Waals surface area contributed by atoms with Crippen LogP contribution in [0.25, 0.3) is 0 Å². The van der Waals surface area contributed by atoms with E-state index in [-0.39, 0.29) is 11.8 Å². The topological polar surface area (TPSA) is 75.7 Å². The van der Waals surface area contributed by atoms with Crippen molar-refractivity contribution in [2.45, 2.75) is 19.4 Å². The number of carbonyl (C=O) groups is 3. The molecule has 0 aromatic heterocycles. The van der Waals surface area contributed by atoms with E-state index in [0.717, 1.165) is 11.3 Å². The minimum absolute atomic E-state index is 0.0178. The number of hydrogen-bond acceptors (Lipinski definition) is 4. The highest BCUT2D eigenvalue weighted by Crippen LogP contribution is 2.29. The Morgan fingerprint density at radius 3 is 2.50 bits per heavy atom. The summed E-state index contributed by atoms with van der Waals surface area (Å²) in [6, 6.07) is 13.3. The first-order valence-corrected chi connectivity index (χ1v) is 8.36. The van der Waals surface area contributed by atoms with Crippen LogP contribution in [0.2, 0.25) is 0 Å². The molecule has 6 nitrogen and oxygen atoms in total. The standard InChI is InChI=1S/C20H20N2O4/c1-13(23)22-11-10-15-12-16(8-9-17(15)22)19(24)21-18(20(25)26-2)14-6-4-3-5-7-14/h3-9,12,18H,10-11H2,1-2H3,(H,21,24). The number of esters is 1. The van der Waals surface area contributed by atoms with Crippen LogP contribution in [-0.2, 0) is 20.7 Å². The van der Waals surface area contributed by atoms with Gasteiger partial charge in [0.2, 0.25) is 5.91 Å². The van der Waals surface area contributed by atoms with Crippen LogP contribution < -0.4 is 10.2 Å². The Morgan fingerprint density at radius 1 is 1.12 bits per heavy atom. The van der Waals surface area contributed by atoms with Crippen molar-refractivity contribution in [1.29, 1.82) is 0 Å². The highest BCUT2D eigenvalue weighted by atomic mass is 16.5. The van der Waals surface area contributed by atoms with Crippen molar-refractivity contribution in [3.63, 3.8) is 0 Å². The summed E-state index contributed by atoms with van der Waals surface area (Å²) in [5, 5.41) is 2.73. The zero-order chi connectivity index (χ0) is 18.7. The fourth-order valence-electron chi connectivity index (χ4n) is 3.13. The quantitative estimate of drug-likeness (QED) is 0.857. The predicted molar refractivity (Wildman–Crippen MR) is 96.8 cm³/mol. The van der Waals surface area contributed by atoms with Gasteiger partial charge in [0.1, 0.15) is 0 Å². The summed E-state index contributed by atoms with van der Waals surface area (Å²) in [6.07, 6.45) is 0.704. The van der Waals surface area contributed by atoms with Crippen LogP contribution in [-0.4, -0.2) is 31.4 Å². The summed E-state index contributed by atoms with van der Waals surface area (Å²) in [5.41, 5.74) is 2.87. The normalized spacial score (nSPS) is 13.7. The Labute approximate surface area is 151 Å². The molecule has 1 N–H and O–H groups in total. The van der Waals surface area contributed by atoms with Crippen LogP contribution in [0.15, 0.2) is 48.5 Å². The second-order valence-electron chi connectivity index (χ2n) is 6.10. The monoisotopic (exact) mass is 352 g/mol. The minimum Gasteiger partial charge on any atom is -0.467 e. The highest BCUT2D eigenvalue weighted by molar-refractivity contribution is 5.99. The lowest BCUT2D eigenvalue weighted by Gasteiger charge is -2.18. The first kappa shape index (κ1) is 17.7. The van der Waals surface area contributed by atoms with E-state index in [9.17, 15) is 14.4 Å². The van der Waals surface area contributed by atoms with Crippen molar-refractivity contribution in [3.05, 3.63) is 65.2 Å². The Hall–Kier alpha value is -3.15. The molecule has 0 fully saturated rings. The van der Waals surface area contributed by atoms with Gasteiger partial charge in [0.05, 0.1) is 7.11 Å². The third-order valence-electron chi connectivity index (χ3n) is 4.46. The number of ether oxygens (including phenoxy) is 1. The van der Waals surface area contributed by atoms with Gasteiger partial charge in [-0.05, 0) is 35.7 Å². The summed E-state index contributed by atoms with van der Waals surface area (Å²) in [5.74, 6) is -0.919. The maximum atomic E-state index is 12.7. The Bertz CT molecular complexity index is 848. The van der Waals surface area contributed by atoms with E-state index < -0.39 is 12.0 Å². The van der Waals surface area contributed by atoms with Crippen LogP contribution in [0, 0.1) is 0 Å². The third kappa shape index (κ3) is 3.44. The molecule has 26 heavy (non-hydrogen) atoms. The van der Waals surface area contributed by atoms with Crippen molar-refractivity contribution in [1.82, 2.24) is 5.32 Å². The number of amides is 2. The molecule has 3 rings (SSSR count). The Balaban J connectivity index is 1.83. The Kier molecular flexibility index (Phi) is 5.02. The first-order chi connectivity index (χ1) is 12.5. The molecule has 1 heterocycles. The summed E-state index contributed by atoms with van der Waals surface area (Å²) in [4.78, 5) is 38.1. The molecule has 2 amide bonds. The molecule has 0 spiro atoms. The number of hydrogen-bond donors (Lipinski definition) is 1. The molecule has 1 unspecified atom stereocenters. The van der Waals surface area contributed by atoms with Crippen molar-refractivity contribution >= 4 is 23.5 Å². The molecular formula is C20H20N2O4. The second-order valence-corrected chi connectivity index (χ2v) is 6.10. The van der Waals surface area contributed by atoms with Crippen molar-refractivity contribution in [2.75, 3.05) is 18.6 Å². The van der Waals surface area contributed by atoms with E-state index in [1.807, 2.05) is 6.07 Å². The van der Waals surface area contributed by atoms with E-state index >= 15 is 0 Å². The average Bonchev–Trinajstić information content (AvgIpc) is 3.09. The molecule has 6 heteroatoms. The maximum absolute atomic E-state index is 12.7. The SMILES string of the molecule is COC(=O)C(NC(=O)c1ccc2c(c1)CCN2C(C)=O)c1ccccc1. The Morgan fingerprint density at radius 2 is 1.85 bits per heavy atom. The maximum Gasteiger partial charge on any atom is 0.333 e. The number of nitrogens with one attached hydrogen (secondary N) is 1. The van der Waals surface area contributed by atoms with Gasteiger partial charge >= 0.3 is 5.97 Å². The molecule has 134 valence electrons. The molecule has 0 bridgehead atoms. The molecule has 1 aliphatic heterocycles. The average molecular weight is 352 g/mol. The minimum atomic E-state index is -0.879. The van der Waals surface area contributed by atoms with Crippen LogP contribution in [0.5, 0.6) is 0 Å². The fourth-order valence-corrected chi connectivity index (χ4v) is 3.13. The number of nitrogens with zero attached hydrogens (tertiary/aromatic N) is 1. The lowest BCUT2D eigenvalue weighted by molar-refractivity contribution is -0.143. The van der Waals surface area contributed by atoms with Crippen molar-refractivity contribution in [2.24, 2.45) is 0 Å². The molecule has 0 aliphatic carbocycles. The lowest BCUT2D eigenvalue weighted by Crippen LogP contribution is -2.34. The number of anilines is 1. The van der Waals surface area contributed by atoms with Gasteiger partial charge in [-0.1, -0.05) is 30.3 Å². The molecule has 0 saturated carbocycles. The van der Waals surface area contributed by atoms with E-state index in [1.165, 1.54) is 14.0 Å². The van der Waals surface area contributed by atoms with Crippen LogP contribution in [0.4, 0.5) is 5.69 Å². The summed E-state index contributed by atoms with van der Waals surface area (Å²) in [6.45, 7) is 2.14. The highest BCUT2D eigenvalue weighted by Gasteiger charge is 2.26. The first-order valence-electron chi connectivity index (χ1n) is 8.36. The van der Waals surface area contributed by atoms with Gasteiger partial charge < -0.3 is 15.0 Å². The van der Waals surface area contributed by atoms with Crippen LogP contribution in [0.1, 0.15) is 34.5 Å². The number of carbonyl (C=O) groups excluding carboxylic acids is 3. The third-order valence-corrected chi connectivity index (χ3v) is 4.46. The zero-order valence-corrected chi connectivity index (χ0v) is 14.7. The zero-order valence-electron chi connectivity index (χ0n) is 14.7. The van der Waals surface area contributed by atoms with Gasteiger partial charge in [0.25, 0.3) is 5.91 Å². The van der Waals surface area contributed by atoms with Crippen LogP contribution >= 0.6 is 0 Å². The number of methoxy groups -OCH3 is 1. The molecule has 0 saturated heterocycles. The van der Waals surface area contributed by atoms with Crippen molar-refractivity contribution in [3.8, 4) is 0 Å². The smallest absolute Gasteiger partial charge is 0.333 e. The van der Waals surface area contributed by atoms with Gasteiger partial charge in [0.15, 0.2) is 6.04 Å². The number of rotatable bonds is 4. The molecule has 1 aliphatic rings. The lowest BCUT2D eigenvalue weighted by atomic mass is 10.0. The van der Waals surface area contributed by atoms with E-state index in [0.29, 0.717) is 24.1 Å². The molecular weight excluding hydrogens is 332 g/mol. The van der Waals surface area contributed by atoms with Gasteiger partial charge in [0, 0.05) is 24.7 Å². The summed E-state index contributed by atoms with van der Waals surface area (Å²) < 4.78 is 4.82. The van der Waals surface area contributed by atoms with E-state index in [2.05, 4.69) is 5.32 Å². The molecule has 0 radical (unpaired) electrons. The summed E-state index contributed by atoms with van der Waals surface area (Å²) >= 11 is 0. The largest absolute Gasteiger partial charge is 0.467 e. The van der Waals surface area contributed by atoms with E-state index in [1.54, 1.807) is 47.4 Å². The van der Waals surface area contributed by atoms with E-state index in [4.69, 9.17) is 4.74 Å². The number of fused-ring (bicyclic) bond motifs is 1. The molecule has 1 atom stereocenters. The second kappa shape index (κ2) is 7.39. The van der Waals surface area contributed by atoms with Gasteiger partial charge in [-0.3, -0.25) is 9.59 Å². The van der Waals surface area contributed by atoms with Gasteiger partial charge in [-0.25, -0.2) is 4.79 Å². The fraction of sp³-hybridized carbons (Fsp3) is 0.250. The van der Waals surface area contributed by atoms with Gasteiger partial charge in [-0.15, -0.1) is 0 Å². The molecule has 2 aromatic rings. The number of benzene rings is 2. The predicted octanol–water partition coefficient (Wildman–Crippen LogP) is 2.24. The summed E-state index contributed by atoms with van der Waals surface area (Å²) in [7, 11) is 1.29. The molecule has 2 aromatic carbocycles. The van der Waals surface area contributed by atoms with Crippen LogP contribution in [0.3, 0.4) is 0 Å². The van der Waals surface area contributed by atoms with Crippen molar-refractivity contribution < 1.29 is 19.1 Å².